The van der Waals surface area contributed by atoms with Crippen LogP contribution in [0, 0.1) is 0 Å². The molecule has 0 saturated carbocycles. The van der Waals surface area contributed by atoms with Crippen LogP contribution in [0.3, 0.4) is 0 Å². The lowest BCUT2D eigenvalue weighted by Crippen LogP contribution is -2.34. The molecule has 0 aromatic carbocycles. The number of nitrogens with zero attached hydrogens (tertiary/aromatic N) is 2. The van der Waals surface area contributed by atoms with Crippen molar-refractivity contribution in [2.24, 2.45) is 0 Å². The lowest BCUT2D eigenvalue weighted by atomic mass is 10.0. The fourth-order valence-electron chi connectivity index (χ4n) is 2.19. The average molecular weight is 267 g/mol. The first-order valence-corrected chi connectivity index (χ1v) is 7.77. The molecule has 5 heteroatoms. The van der Waals surface area contributed by atoms with Gasteiger partial charge in [0.2, 0.25) is 0 Å². The van der Waals surface area contributed by atoms with Crippen LogP contribution in [0.4, 0.5) is 0 Å². The number of rotatable bonds is 6. The summed E-state index contributed by atoms with van der Waals surface area (Å²) in [4.78, 5) is 8.58. The summed E-state index contributed by atoms with van der Waals surface area (Å²) in [5, 5.41) is 4.49. The second kappa shape index (κ2) is 7.71. The largest absolute Gasteiger partial charge is 0.375 e. The van der Waals surface area contributed by atoms with Gasteiger partial charge in [0.1, 0.15) is 5.03 Å². The van der Waals surface area contributed by atoms with E-state index >= 15 is 0 Å². The van der Waals surface area contributed by atoms with Gasteiger partial charge in [-0.2, -0.15) is 0 Å². The summed E-state index contributed by atoms with van der Waals surface area (Å²) in [6.45, 7) is 2.52. The van der Waals surface area contributed by atoms with Gasteiger partial charge in [0.15, 0.2) is 0 Å². The van der Waals surface area contributed by atoms with E-state index in [9.17, 15) is 0 Å². The van der Waals surface area contributed by atoms with E-state index in [0.717, 1.165) is 30.3 Å². The van der Waals surface area contributed by atoms with Crippen molar-refractivity contribution in [3.05, 3.63) is 18.1 Å². The SMILES string of the molecule is CSc1nccnc1COCC[C@@H]1CCCCN1. The number of piperidine rings is 1. The van der Waals surface area contributed by atoms with Crippen molar-refractivity contribution in [3.63, 3.8) is 0 Å². The minimum absolute atomic E-state index is 0.566. The number of hydrogen-bond donors (Lipinski definition) is 1. The first-order chi connectivity index (χ1) is 8.90. The quantitative estimate of drug-likeness (QED) is 0.633. The van der Waals surface area contributed by atoms with Crippen LogP contribution in [0.5, 0.6) is 0 Å². The Balaban J connectivity index is 1.68. The highest BCUT2D eigenvalue weighted by atomic mass is 32.2. The summed E-state index contributed by atoms with van der Waals surface area (Å²) in [6, 6.07) is 0.639. The fourth-order valence-corrected chi connectivity index (χ4v) is 2.70. The van der Waals surface area contributed by atoms with Gasteiger partial charge in [-0.05, 0) is 32.1 Å². The van der Waals surface area contributed by atoms with E-state index in [2.05, 4.69) is 15.3 Å². The molecule has 0 radical (unpaired) electrons. The molecular formula is C13H21N3OS. The molecule has 2 rings (SSSR count). The zero-order valence-corrected chi connectivity index (χ0v) is 11.7. The topological polar surface area (TPSA) is 47.0 Å². The van der Waals surface area contributed by atoms with Crippen LogP contribution in [-0.4, -0.2) is 35.4 Å². The molecule has 0 unspecified atom stereocenters. The van der Waals surface area contributed by atoms with Crippen LogP contribution in [0.2, 0.25) is 0 Å². The Morgan fingerprint density at radius 1 is 1.39 bits per heavy atom. The Kier molecular flexibility index (Phi) is 5.90. The van der Waals surface area contributed by atoms with Crippen molar-refractivity contribution >= 4 is 11.8 Å². The molecule has 1 aliphatic rings. The highest BCUT2D eigenvalue weighted by Crippen LogP contribution is 2.16. The third kappa shape index (κ3) is 4.23. The highest BCUT2D eigenvalue weighted by Gasteiger charge is 2.12. The molecule has 1 aromatic heterocycles. The first kappa shape index (κ1) is 13.8. The predicted octanol–water partition coefficient (Wildman–Crippen LogP) is 2.25. The van der Waals surface area contributed by atoms with Gasteiger partial charge in [-0.15, -0.1) is 11.8 Å². The molecule has 0 bridgehead atoms. The van der Waals surface area contributed by atoms with E-state index in [1.54, 1.807) is 24.2 Å². The van der Waals surface area contributed by atoms with E-state index in [4.69, 9.17) is 4.74 Å². The molecule has 2 heterocycles. The van der Waals surface area contributed by atoms with E-state index in [0.29, 0.717) is 12.6 Å². The minimum Gasteiger partial charge on any atom is -0.375 e. The maximum atomic E-state index is 5.71. The Hall–Kier alpha value is -0.650. The summed E-state index contributed by atoms with van der Waals surface area (Å²) in [7, 11) is 0. The molecule has 1 fully saturated rings. The van der Waals surface area contributed by atoms with Crippen molar-refractivity contribution < 1.29 is 4.74 Å². The molecule has 1 N–H and O–H groups in total. The number of aromatic nitrogens is 2. The normalized spacial score (nSPS) is 19.9. The Bertz CT molecular complexity index is 356. The van der Waals surface area contributed by atoms with Crippen molar-refractivity contribution in [2.45, 2.75) is 43.4 Å². The van der Waals surface area contributed by atoms with Gasteiger partial charge in [-0.3, -0.25) is 4.98 Å². The predicted molar refractivity (Wildman–Crippen MR) is 73.7 cm³/mol. The molecule has 1 saturated heterocycles. The van der Waals surface area contributed by atoms with Gasteiger partial charge in [0, 0.05) is 25.0 Å². The molecule has 4 nitrogen and oxygen atoms in total. The molecule has 0 amide bonds. The monoisotopic (exact) mass is 267 g/mol. The zero-order chi connectivity index (χ0) is 12.6. The third-order valence-corrected chi connectivity index (χ3v) is 3.92. The van der Waals surface area contributed by atoms with Crippen molar-refractivity contribution in [1.29, 1.82) is 0 Å². The van der Waals surface area contributed by atoms with Gasteiger partial charge in [0.05, 0.1) is 12.3 Å². The maximum Gasteiger partial charge on any atom is 0.120 e. The van der Waals surface area contributed by atoms with Crippen molar-refractivity contribution in [1.82, 2.24) is 15.3 Å². The average Bonchev–Trinajstić information content (AvgIpc) is 2.45. The molecule has 18 heavy (non-hydrogen) atoms. The van der Waals surface area contributed by atoms with Crippen LogP contribution in [0.1, 0.15) is 31.4 Å². The number of hydrogen-bond acceptors (Lipinski definition) is 5. The molecule has 100 valence electrons. The summed E-state index contributed by atoms with van der Waals surface area (Å²) in [6.07, 6.45) is 10.5. The second-order valence-corrected chi connectivity index (χ2v) is 5.30. The van der Waals surface area contributed by atoms with Crippen LogP contribution >= 0.6 is 11.8 Å². The standard InChI is InChI=1S/C13H21N3OS/c1-18-13-12(15-7-8-16-13)10-17-9-5-11-4-2-3-6-14-11/h7-8,11,14H,2-6,9-10H2,1H3/t11-/m0/s1. The Labute approximate surface area is 113 Å². The lowest BCUT2D eigenvalue weighted by molar-refractivity contribution is 0.104. The first-order valence-electron chi connectivity index (χ1n) is 6.55. The van der Waals surface area contributed by atoms with Crippen LogP contribution in [0.15, 0.2) is 17.4 Å². The number of nitrogens with one attached hydrogen (secondary N) is 1. The van der Waals surface area contributed by atoms with E-state index in [-0.39, 0.29) is 0 Å². The Morgan fingerprint density at radius 3 is 3.06 bits per heavy atom. The van der Waals surface area contributed by atoms with E-state index in [1.165, 1.54) is 19.3 Å². The molecule has 1 atom stereocenters. The molecule has 0 spiro atoms. The summed E-state index contributed by atoms with van der Waals surface area (Å²) >= 11 is 1.62. The Morgan fingerprint density at radius 2 is 2.28 bits per heavy atom. The van der Waals surface area contributed by atoms with Crippen LogP contribution in [-0.2, 0) is 11.3 Å². The summed E-state index contributed by atoms with van der Waals surface area (Å²) in [5.74, 6) is 0. The molecule has 1 aromatic rings. The fraction of sp³-hybridized carbons (Fsp3) is 0.692. The molecule has 0 aliphatic carbocycles. The molecule has 1 aliphatic heterocycles. The minimum atomic E-state index is 0.566. The summed E-state index contributed by atoms with van der Waals surface area (Å²) < 4.78 is 5.71. The van der Waals surface area contributed by atoms with Gasteiger partial charge < -0.3 is 10.1 Å². The lowest BCUT2D eigenvalue weighted by Gasteiger charge is -2.23. The zero-order valence-electron chi connectivity index (χ0n) is 10.9. The highest BCUT2D eigenvalue weighted by molar-refractivity contribution is 7.98. The smallest absolute Gasteiger partial charge is 0.120 e. The maximum absolute atomic E-state index is 5.71. The van der Waals surface area contributed by atoms with Gasteiger partial charge in [-0.1, -0.05) is 6.42 Å². The third-order valence-electron chi connectivity index (χ3n) is 3.19. The van der Waals surface area contributed by atoms with E-state index in [1.807, 2.05) is 6.26 Å². The molecular weight excluding hydrogens is 246 g/mol. The van der Waals surface area contributed by atoms with Crippen LogP contribution in [0.25, 0.3) is 0 Å². The summed E-state index contributed by atoms with van der Waals surface area (Å²) in [5.41, 5.74) is 0.946. The van der Waals surface area contributed by atoms with Crippen molar-refractivity contribution in [3.8, 4) is 0 Å². The van der Waals surface area contributed by atoms with Gasteiger partial charge in [0.25, 0.3) is 0 Å². The van der Waals surface area contributed by atoms with Crippen molar-refractivity contribution in [2.75, 3.05) is 19.4 Å². The second-order valence-electron chi connectivity index (χ2n) is 4.50. The number of thioether (sulfide) groups is 1. The van der Waals surface area contributed by atoms with Crippen LogP contribution < -0.4 is 5.32 Å². The number of ether oxygens (including phenoxy) is 1. The van der Waals surface area contributed by atoms with Gasteiger partial charge >= 0.3 is 0 Å². The van der Waals surface area contributed by atoms with Gasteiger partial charge in [-0.25, -0.2) is 4.98 Å². The van der Waals surface area contributed by atoms with E-state index < -0.39 is 0 Å².